The quantitative estimate of drug-likeness (QED) is 0.459. The first-order chi connectivity index (χ1) is 15.9. The highest BCUT2D eigenvalue weighted by Gasteiger charge is 2.21. The molecule has 1 aliphatic rings. The topological polar surface area (TPSA) is 90.2 Å². The summed E-state index contributed by atoms with van der Waals surface area (Å²) in [6.45, 7) is 5.46. The number of pyridine rings is 1. The number of hydrazone groups is 1. The van der Waals surface area contributed by atoms with Crippen molar-refractivity contribution in [1.29, 1.82) is 0 Å². The van der Waals surface area contributed by atoms with E-state index < -0.39 is 17.2 Å². The minimum atomic E-state index is -0.691. The monoisotopic (exact) mass is 451 g/mol. The molecular weight excluding hydrogens is 425 g/mol. The van der Waals surface area contributed by atoms with Crippen LogP contribution >= 0.6 is 0 Å². The number of aryl methyl sites for hydroxylation is 1. The number of hydrogen-bond donors (Lipinski definition) is 2. The second-order valence-electron chi connectivity index (χ2n) is 8.06. The number of fused-ring (bicyclic) bond motifs is 1. The van der Waals surface area contributed by atoms with Gasteiger partial charge in [-0.25, -0.2) is 9.82 Å². The molecule has 1 aromatic heterocycles. The zero-order chi connectivity index (χ0) is 23.5. The van der Waals surface area contributed by atoms with Gasteiger partial charge in [0.1, 0.15) is 17.1 Å². The lowest BCUT2D eigenvalue weighted by Crippen LogP contribution is -2.44. The normalized spacial score (nSPS) is 14.8. The number of benzene rings is 2. The van der Waals surface area contributed by atoms with Crippen molar-refractivity contribution >= 4 is 28.7 Å². The molecule has 1 saturated heterocycles. The third kappa shape index (κ3) is 4.73. The van der Waals surface area contributed by atoms with E-state index in [9.17, 15) is 14.7 Å². The Hall–Kier alpha value is -3.72. The van der Waals surface area contributed by atoms with Gasteiger partial charge in [0, 0.05) is 44.3 Å². The summed E-state index contributed by atoms with van der Waals surface area (Å²) in [5, 5.41) is 13.5. The predicted octanol–water partition coefficient (Wildman–Crippen LogP) is 2.38. The van der Waals surface area contributed by atoms with E-state index >= 15 is 4.39 Å². The first-order valence-corrected chi connectivity index (χ1v) is 10.8. The van der Waals surface area contributed by atoms with E-state index in [1.807, 2.05) is 18.9 Å². The summed E-state index contributed by atoms with van der Waals surface area (Å²) in [5.41, 5.74) is 3.29. The van der Waals surface area contributed by atoms with Crippen LogP contribution in [0.5, 0.6) is 5.75 Å². The molecule has 1 aliphatic heterocycles. The van der Waals surface area contributed by atoms with Crippen LogP contribution in [0.2, 0.25) is 0 Å². The first kappa shape index (κ1) is 22.5. The Bertz CT molecular complexity index is 1280. The fourth-order valence-electron chi connectivity index (χ4n) is 3.94. The number of amides is 1. The second-order valence-corrected chi connectivity index (χ2v) is 8.06. The molecule has 2 aromatic carbocycles. The largest absolute Gasteiger partial charge is 0.508 e. The van der Waals surface area contributed by atoms with Crippen molar-refractivity contribution in [2.75, 3.05) is 38.1 Å². The predicted molar refractivity (Wildman–Crippen MR) is 127 cm³/mol. The van der Waals surface area contributed by atoms with Crippen LogP contribution in [0.25, 0.3) is 10.9 Å². The van der Waals surface area contributed by atoms with Gasteiger partial charge < -0.3 is 19.5 Å². The highest BCUT2D eigenvalue weighted by atomic mass is 19.1. The molecule has 0 radical (unpaired) electrons. The number of phenols is 1. The number of hydrogen-bond acceptors (Lipinski definition) is 6. The fraction of sp³-hybridized carbons (Fsp3) is 0.292. The van der Waals surface area contributed by atoms with Gasteiger partial charge in [-0.3, -0.25) is 9.59 Å². The zero-order valence-corrected chi connectivity index (χ0v) is 18.6. The fourth-order valence-corrected chi connectivity index (χ4v) is 3.94. The molecule has 2 heterocycles. The number of piperazine rings is 1. The Morgan fingerprint density at radius 1 is 1.21 bits per heavy atom. The SMILES string of the molecule is CCn1cc(C(=O)N/N=C/c2cccc(O)c2)c(=O)c2cc(F)c(N3CCN(C)CC3)cc21. The molecule has 1 amide bonds. The molecule has 0 bridgehead atoms. The summed E-state index contributed by atoms with van der Waals surface area (Å²) in [7, 11) is 2.03. The first-order valence-electron chi connectivity index (χ1n) is 10.8. The highest BCUT2D eigenvalue weighted by molar-refractivity contribution is 5.98. The molecule has 2 N–H and O–H groups in total. The summed E-state index contributed by atoms with van der Waals surface area (Å²) in [6.07, 6.45) is 2.84. The van der Waals surface area contributed by atoms with Crippen molar-refractivity contribution in [2.45, 2.75) is 13.5 Å². The lowest BCUT2D eigenvalue weighted by Gasteiger charge is -2.34. The van der Waals surface area contributed by atoms with E-state index in [1.165, 1.54) is 30.6 Å². The van der Waals surface area contributed by atoms with Gasteiger partial charge in [0.2, 0.25) is 5.43 Å². The molecule has 0 spiro atoms. The second kappa shape index (κ2) is 9.41. The summed E-state index contributed by atoms with van der Waals surface area (Å²) in [6, 6.07) is 9.28. The number of aromatic nitrogens is 1. The maximum absolute atomic E-state index is 15.0. The molecule has 0 unspecified atom stereocenters. The van der Waals surface area contributed by atoms with Crippen LogP contribution in [0.1, 0.15) is 22.8 Å². The molecule has 4 rings (SSSR count). The van der Waals surface area contributed by atoms with Crippen LogP contribution in [0.4, 0.5) is 10.1 Å². The molecule has 1 fully saturated rings. The summed E-state index contributed by atoms with van der Waals surface area (Å²) in [5.74, 6) is -1.10. The van der Waals surface area contributed by atoms with E-state index in [2.05, 4.69) is 15.4 Å². The molecule has 8 nitrogen and oxygen atoms in total. The summed E-state index contributed by atoms with van der Waals surface area (Å²) >= 11 is 0. The Morgan fingerprint density at radius 3 is 2.67 bits per heavy atom. The highest BCUT2D eigenvalue weighted by Crippen LogP contribution is 2.26. The molecular formula is C24H26FN5O3. The molecule has 9 heteroatoms. The van der Waals surface area contributed by atoms with E-state index in [0.717, 1.165) is 13.1 Å². The van der Waals surface area contributed by atoms with Crippen LogP contribution in [0.3, 0.4) is 0 Å². The van der Waals surface area contributed by atoms with Crippen LogP contribution < -0.4 is 15.8 Å². The van der Waals surface area contributed by atoms with Crippen molar-refractivity contribution in [3.63, 3.8) is 0 Å². The number of carbonyl (C=O) groups is 1. The van der Waals surface area contributed by atoms with E-state index in [0.29, 0.717) is 36.4 Å². The number of likely N-dealkylation sites (N-methyl/N-ethyl adjacent to an activating group) is 1. The third-order valence-electron chi connectivity index (χ3n) is 5.83. The number of nitrogens with one attached hydrogen (secondary N) is 1. The smallest absolute Gasteiger partial charge is 0.276 e. The molecule has 33 heavy (non-hydrogen) atoms. The van der Waals surface area contributed by atoms with Crippen LogP contribution in [-0.2, 0) is 6.54 Å². The number of halogens is 1. The van der Waals surface area contributed by atoms with Gasteiger partial charge >= 0.3 is 0 Å². The summed E-state index contributed by atoms with van der Waals surface area (Å²) in [4.78, 5) is 29.9. The van der Waals surface area contributed by atoms with E-state index in [4.69, 9.17) is 0 Å². The third-order valence-corrected chi connectivity index (χ3v) is 5.83. The summed E-state index contributed by atoms with van der Waals surface area (Å²) < 4.78 is 16.8. The number of carbonyl (C=O) groups excluding carboxylic acids is 1. The van der Waals surface area contributed by atoms with E-state index in [-0.39, 0.29) is 16.7 Å². The van der Waals surface area contributed by atoms with E-state index in [1.54, 1.807) is 22.8 Å². The lowest BCUT2D eigenvalue weighted by molar-refractivity contribution is 0.0953. The molecule has 0 aliphatic carbocycles. The van der Waals surface area contributed by atoms with Gasteiger partial charge in [-0.05, 0) is 43.8 Å². The molecule has 3 aromatic rings. The number of phenolic OH excluding ortho intramolecular Hbond substituents is 1. The van der Waals surface area contributed by atoms with Crippen molar-refractivity contribution in [1.82, 2.24) is 14.9 Å². The van der Waals surface area contributed by atoms with Gasteiger partial charge in [0.05, 0.1) is 17.4 Å². The van der Waals surface area contributed by atoms with Gasteiger partial charge in [-0.1, -0.05) is 12.1 Å². The minimum Gasteiger partial charge on any atom is -0.508 e. The average Bonchev–Trinajstić information content (AvgIpc) is 2.80. The number of aromatic hydroxyl groups is 1. The average molecular weight is 452 g/mol. The standard InChI is InChI=1S/C24H26FN5O3/c1-3-29-15-19(24(33)27-26-14-16-5-4-6-17(31)11-16)23(32)18-12-20(25)22(13-21(18)29)30-9-7-28(2)8-10-30/h4-6,11-15,31H,3,7-10H2,1-2H3,(H,27,33)/b26-14+. The number of nitrogens with zero attached hydrogens (tertiary/aromatic N) is 4. The minimum absolute atomic E-state index is 0.0728. The zero-order valence-electron chi connectivity index (χ0n) is 18.6. The maximum Gasteiger partial charge on any atom is 0.276 e. The Labute approximate surface area is 190 Å². The van der Waals surface area contributed by atoms with Gasteiger partial charge in [-0.15, -0.1) is 0 Å². The van der Waals surface area contributed by atoms with Crippen molar-refractivity contribution < 1.29 is 14.3 Å². The lowest BCUT2D eigenvalue weighted by atomic mass is 10.1. The molecule has 0 saturated carbocycles. The van der Waals surface area contributed by atoms with Crippen LogP contribution in [0, 0.1) is 5.82 Å². The number of rotatable bonds is 5. The van der Waals surface area contributed by atoms with Gasteiger partial charge in [0.15, 0.2) is 0 Å². The van der Waals surface area contributed by atoms with Gasteiger partial charge in [-0.2, -0.15) is 5.10 Å². The Morgan fingerprint density at radius 2 is 1.97 bits per heavy atom. The van der Waals surface area contributed by atoms with Crippen LogP contribution in [-0.4, -0.2) is 59.9 Å². The van der Waals surface area contributed by atoms with Gasteiger partial charge in [0.25, 0.3) is 5.91 Å². The maximum atomic E-state index is 15.0. The van der Waals surface area contributed by atoms with Crippen molar-refractivity contribution in [3.05, 3.63) is 69.8 Å². The molecule has 172 valence electrons. The van der Waals surface area contributed by atoms with Crippen molar-refractivity contribution in [3.8, 4) is 5.75 Å². The number of anilines is 1. The Kier molecular flexibility index (Phi) is 6.41. The Balaban J connectivity index is 1.66. The van der Waals surface area contributed by atoms with Crippen LogP contribution in [0.15, 0.2) is 52.5 Å². The van der Waals surface area contributed by atoms with Crippen molar-refractivity contribution in [2.24, 2.45) is 5.10 Å². The molecule has 0 atom stereocenters.